The molecule has 1 aliphatic rings. The molecule has 0 spiro atoms. The van der Waals surface area contributed by atoms with Crippen molar-refractivity contribution < 1.29 is 0 Å². The first-order valence-electron chi connectivity index (χ1n) is 6.61. The SMILES string of the molecule is Cc1ccc(N(C)C2CCCC2CN)c(C#N)c1. The fourth-order valence-electron chi connectivity index (χ4n) is 3.03. The second-order valence-corrected chi connectivity index (χ2v) is 5.24. The van der Waals surface area contributed by atoms with Crippen LogP contribution < -0.4 is 10.6 Å². The summed E-state index contributed by atoms with van der Waals surface area (Å²) in [5.74, 6) is 0.558. The lowest BCUT2D eigenvalue weighted by atomic mass is 10.0. The number of benzene rings is 1. The smallest absolute Gasteiger partial charge is 0.101 e. The second kappa shape index (κ2) is 5.41. The predicted molar refractivity (Wildman–Crippen MR) is 74.5 cm³/mol. The van der Waals surface area contributed by atoms with Crippen LogP contribution in [0.2, 0.25) is 0 Å². The minimum atomic E-state index is 0.477. The molecule has 2 N–H and O–H groups in total. The lowest BCUT2D eigenvalue weighted by Gasteiger charge is -2.31. The van der Waals surface area contributed by atoms with Crippen LogP contribution in [0.4, 0.5) is 5.69 Å². The van der Waals surface area contributed by atoms with Crippen LogP contribution >= 0.6 is 0 Å². The molecule has 3 heteroatoms. The lowest BCUT2D eigenvalue weighted by Crippen LogP contribution is -2.38. The molecular weight excluding hydrogens is 222 g/mol. The molecule has 1 aromatic rings. The maximum absolute atomic E-state index is 9.26. The van der Waals surface area contributed by atoms with Crippen molar-refractivity contribution in [1.82, 2.24) is 0 Å². The molecule has 18 heavy (non-hydrogen) atoms. The van der Waals surface area contributed by atoms with Gasteiger partial charge < -0.3 is 10.6 Å². The number of rotatable bonds is 3. The van der Waals surface area contributed by atoms with Crippen LogP contribution in [0.25, 0.3) is 0 Å². The molecule has 2 unspecified atom stereocenters. The summed E-state index contributed by atoms with van der Waals surface area (Å²) in [5.41, 5.74) is 8.77. The van der Waals surface area contributed by atoms with Crippen LogP contribution in [0.15, 0.2) is 18.2 Å². The minimum absolute atomic E-state index is 0.477. The van der Waals surface area contributed by atoms with Gasteiger partial charge in [-0.3, -0.25) is 0 Å². The van der Waals surface area contributed by atoms with Crippen molar-refractivity contribution >= 4 is 5.69 Å². The van der Waals surface area contributed by atoms with E-state index in [1.807, 2.05) is 13.0 Å². The van der Waals surface area contributed by atoms with Gasteiger partial charge in [0.1, 0.15) is 6.07 Å². The van der Waals surface area contributed by atoms with E-state index in [0.717, 1.165) is 23.4 Å². The number of hydrogen-bond donors (Lipinski definition) is 1. The third-order valence-electron chi connectivity index (χ3n) is 4.07. The van der Waals surface area contributed by atoms with Crippen molar-refractivity contribution in [3.05, 3.63) is 29.3 Å². The highest BCUT2D eigenvalue weighted by molar-refractivity contribution is 5.60. The Labute approximate surface area is 109 Å². The van der Waals surface area contributed by atoms with Gasteiger partial charge >= 0.3 is 0 Å². The predicted octanol–water partition coefficient (Wildman–Crippen LogP) is 2.43. The molecule has 0 saturated heterocycles. The van der Waals surface area contributed by atoms with Crippen LogP contribution in [0.5, 0.6) is 0 Å². The first kappa shape index (κ1) is 12.9. The first-order valence-corrected chi connectivity index (χ1v) is 6.61. The molecule has 96 valence electrons. The molecule has 1 fully saturated rings. The van der Waals surface area contributed by atoms with Gasteiger partial charge in [-0.15, -0.1) is 0 Å². The summed E-state index contributed by atoms with van der Waals surface area (Å²) in [5, 5.41) is 9.26. The highest BCUT2D eigenvalue weighted by Gasteiger charge is 2.30. The maximum atomic E-state index is 9.26. The zero-order chi connectivity index (χ0) is 13.1. The Morgan fingerprint density at radius 3 is 2.89 bits per heavy atom. The van der Waals surface area contributed by atoms with Gasteiger partial charge in [0.05, 0.1) is 11.3 Å². The van der Waals surface area contributed by atoms with Gasteiger partial charge in [-0.2, -0.15) is 5.26 Å². The van der Waals surface area contributed by atoms with Crippen LogP contribution in [0.3, 0.4) is 0 Å². The molecule has 2 atom stereocenters. The highest BCUT2D eigenvalue weighted by atomic mass is 15.1. The summed E-state index contributed by atoms with van der Waals surface area (Å²) in [7, 11) is 2.09. The van der Waals surface area contributed by atoms with Crippen LogP contribution in [-0.2, 0) is 0 Å². The largest absolute Gasteiger partial charge is 0.370 e. The first-order chi connectivity index (χ1) is 8.67. The Morgan fingerprint density at radius 2 is 2.22 bits per heavy atom. The maximum Gasteiger partial charge on any atom is 0.101 e. The Hall–Kier alpha value is -1.53. The fraction of sp³-hybridized carbons (Fsp3) is 0.533. The summed E-state index contributed by atoms with van der Waals surface area (Å²) >= 11 is 0. The summed E-state index contributed by atoms with van der Waals surface area (Å²) in [6.45, 7) is 2.76. The summed E-state index contributed by atoms with van der Waals surface area (Å²) in [6, 6.07) is 8.86. The number of anilines is 1. The average molecular weight is 243 g/mol. The van der Waals surface area contributed by atoms with E-state index < -0.39 is 0 Å². The quantitative estimate of drug-likeness (QED) is 0.887. The third-order valence-corrected chi connectivity index (χ3v) is 4.07. The van der Waals surface area contributed by atoms with E-state index in [9.17, 15) is 5.26 Å². The standard InChI is InChI=1S/C15H21N3/c1-11-6-7-15(13(8-11)10-17)18(2)14-5-3-4-12(14)9-16/h6-8,12,14H,3-5,9,16H2,1-2H3. The fourth-order valence-corrected chi connectivity index (χ4v) is 3.03. The molecule has 1 aliphatic carbocycles. The molecule has 0 bridgehead atoms. The lowest BCUT2D eigenvalue weighted by molar-refractivity contribution is 0.474. The number of aryl methyl sites for hydroxylation is 1. The topological polar surface area (TPSA) is 53.0 Å². The van der Waals surface area contributed by atoms with E-state index in [1.54, 1.807) is 0 Å². The Bertz CT molecular complexity index is 461. The second-order valence-electron chi connectivity index (χ2n) is 5.24. The Morgan fingerprint density at radius 1 is 1.44 bits per heavy atom. The molecule has 1 aromatic carbocycles. The van der Waals surface area contributed by atoms with Crippen molar-refractivity contribution in [3.8, 4) is 6.07 Å². The van der Waals surface area contributed by atoms with Crippen molar-refractivity contribution in [3.63, 3.8) is 0 Å². The Balaban J connectivity index is 2.28. The van der Waals surface area contributed by atoms with E-state index in [4.69, 9.17) is 5.73 Å². The van der Waals surface area contributed by atoms with E-state index in [2.05, 4.69) is 30.1 Å². The van der Waals surface area contributed by atoms with Crippen molar-refractivity contribution in [1.29, 1.82) is 5.26 Å². The molecule has 1 saturated carbocycles. The molecule has 2 rings (SSSR count). The van der Waals surface area contributed by atoms with E-state index >= 15 is 0 Å². The zero-order valence-corrected chi connectivity index (χ0v) is 11.2. The van der Waals surface area contributed by atoms with Gasteiger partial charge in [-0.1, -0.05) is 12.5 Å². The van der Waals surface area contributed by atoms with Crippen LogP contribution in [0.1, 0.15) is 30.4 Å². The van der Waals surface area contributed by atoms with E-state index in [-0.39, 0.29) is 0 Å². The summed E-state index contributed by atoms with van der Waals surface area (Å²) in [4.78, 5) is 2.25. The van der Waals surface area contributed by atoms with Crippen molar-refractivity contribution in [2.75, 3.05) is 18.5 Å². The molecule has 0 radical (unpaired) electrons. The zero-order valence-electron chi connectivity index (χ0n) is 11.2. The third kappa shape index (κ3) is 2.34. The average Bonchev–Trinajstić information content (AvgIpc) is 2.86. The van der Waals surface area contributed by atoms with Gasteiger partial charge in [-0.25, -0.2) is 0 Å². The van der Waals surface area contributed by atoms with Gasteiger partial charge in [0.2, 0.25) is 0 Å². The van der Waals surface area contributed by atoms with Crippen molar-refractivity contribution in [2.24, 2.45) is 11.7 Å². The molecule has 3 nitrogen and oxygen atoms in total. The molecule has 0 heterocycles. The van der Waals surface area contributed by atoms with Gasteiger partial charge in [0.15, 0.2) is 0 Å². The monoisotopic (exact) mass is 243 g/mol. The number of nitrogens with zero attached hydrogens (tertiary/aromatic N) is 2. The van der Waals surface area contributed by atoms with Crippen LogP contribution in [-0.4, -0.2) is 19.6 Å². The highest BCUT2D eigenvalue weighted by Crippen LogP contribution is 2.33. The van der Waals surface area contributed by atoms with E-state index in [1.165, 1.54) is 19.3 Å². The molecule has 0 amide bonds. The molecule has 0 aromatic heterocycles. The summed E-state index contributed by atoms with van der Waals surface area (Å²) in [6.07, 6.45) is 3.63. The van der Waals surface area contributed by atoms with E-state index in [0.29, 0.717) is 12.0 Å². The Kier molecular flexibility index (Phi) is 3.88. The summed E-state index contributed by atoms with van der Waals surface area (Å²) < 4.78 is 0. The van der Waals surface area contributed by atoms with Crippen molar-refractivity contribution in [2.45, 2.75) is 32.2 Å². The molecule has 0 aliphatic heterocycles. The van der Waals surface area contributed by atoms with Gasteiger partial charge in [0, 0.05) is 13.1 Å². The number of hydrogen-bond acceptors (Lipinski definition) is 3. The number of nitrogens with two attached hydrogens (primary N) is 1. The normalized spacial score (nSPS) is 22.8. The van der Waals surface area contributed by atoms with Gasteiger partial charge in [0.25, 0.3) is 0 Å². The number of nitriles is 1. The minimum Gasteiger partial charge on any atom is -0.370 e. The van der Waals surface area contributed by atoms with Gasteiger partial charge in [-0.05, 0) is 49.9 Å². The van der Waals surface area contributed by atoms with Crippen LogP contribution in [0, 0.1) is 24.2 Å². The molecular formula is C15H21N3.